The minimum absolute atomic E-state index is 0.245. The van der Waals surface area contributed by atoms with Gasteiger partial charge in [0.1, 0.15) is 5.82 Å². The summed E-state index contributed by atoms with van der Waals surface area (Å²) in [5, 5.41) is 12.5. The molecule has 1 saturated carbocycles. The molecule has 0 amide bonds. The highest BCUT2D eigenvalue weighted by Crippen LogP contribution is 2.37. The molecule has 6 heteroatoms. The minimum Gasteiger partial charge on any atom is -0.318 e. The molecular formula is C11H16N6. The highest BCUT2D eigenvalue weighted by atomic mass is 15.3. The number of hydrogen-bond acceptors (Lipinski definition) is 4. The zero-order valence-electron chi connectivity index (χ0n) is 10.0. The van der Waals surface area contributed by atoms with E-state index in [9.17, 15) is 0 Å². The molecule has 2 heterocycles. The Hall–Kier alpha value is -1.69. The topological polar surface area (TPSA) is 74.6 Å². The van der Waals surface area contributed by atoms with E-state index in [1.165, 1.54) is 12.8 Å². The van der Waals surface area contributed by atoms with Crippen molar-refractivity contribution in [2.45, 2.75) is 31.8 Å². The largest absolute Gasteiger partial charge is 0.318 e. The maximum atomic E-state index is 6.23. The van der Waals surface area contributed by atoms with Gasteiger partial charge < -0.3 is 10.3 Å². The summed E-state index contributed by atoms with van der Waals surface area (Å²) >= 11 is 0. The second-order valence-corrected chi connectivity index (χ2v) is 4.63. The van der Waals surface area contributed by atoms with E-state index in [1.807, 2.05) is 20.2 Å². The van der Waals surface area contributed by atoms with Crippen molar-refractivity contribution < 1.29 is 0 Å². The van der Waals surface area contributed by atoms with Gasteiger partial charge in [-0.15, -0.1) is 10.2 Å². The molecule has 3 rings (SSSR count). The summed E-state index contributed by atoms with van der Waals surface area (Å²) in [6.07, 6.45) is 6.11. The Morgan fingerprint density at radius 1 is 1.41 bits per heavy atom. The second kappa shape index (κ2) is 3.66. The van der Waals surface area contributed by atoms with Gasteiger partial charge in [-0.05, 0) is 19.8 Å². The van der Waals surface area contributed by atoms with Gasteiger partial charge in [0.05, 0.1) is 12.2 Å². The molecule has 0 radical (unpaired) electrons. The van der Waals surface area contributed by atoms with Crippen LogP contribution in [-0.4, -0.2) is 24.5 Å². The maximum Gasteiger partial charge on any atom is 0.154 e. The van der Waals surface area contributed by atoms with E-state index in [0.717, 1.165) is 17.2 Å². The molecule has 0 spiro atoms. The van der Waals surface area contributed by atoms with Gasteiger partial charge in [0.15, 0.2) is 5.82 Å². The van der Waals surface area contributed by atoms with E-state index in [4.69, 9.17) is 5.73 Å². The molecule has 1 aliphatic rings. The fraction of sp³-hybridized carbons (Fsp3) is 0.545. The van der Waals surface area contributed by atoms with Crippen LogP contribution in [0.15, 0.2) is 12.4 Å². The normalized spacial score (nSPS) is 17.4. The minimum atomic E-state index is -0.245. The Labute approximate surface area is 99.4 Å². The first-order valence-corrected chi connectivity index (χ1v) is 5.82. The zero-order valence-corrected chi connectivity index (χ0v) is 10.0. The predicted octanol–water partition coefficient (Wildman–Crippen LogP) is 0.703. The quantitative estimate of drug-likeness (QED) is 0.845. The van der Waals surface area contributed by atoms with Crippen molar-refractivity contribution in [3.63, 3.8) is 0 Å². The number of aromatic nitrogens is 5. The molecule has 1 aliphatic carbocycles. The summed E-state index contributed by atoms with van der Waals surface area (Å²) in [6, 6.07) is 0.299. The third-order valence-corrected chi connectivity index (χ3v) is 3.17. The highest BCUT2D eigenvalue weighted by molar-refractivity contribution is 5.20. The monoisotopic (exact) mass is 232 g/mol. The summed E-state index contributed by atoms with van der Waals surface area (Å²) in [7, 11) is 1.88. The van der Waals surface area contributed by atoms with Crippen LogP contribution in [0.2, 0.25) is 0 Å². The summed E-state index contributed by atoms with van der Waals surface area (Å²) in [6.45, 7) is 1.98. The zero-order chi connectivity index (χ0) is 12.0. The lowest BCUT2D eigenvalue weighted by Crippen LogP contribution is -2.17. The van der Waals surface area contributed by atoms with Crippen LogP contribution in [0.1, 0.15) is 42.1 Å². The molecule has 2 N–H and O–H groups in total. The van der Waals surface area contributed by atoms with Crippen LogP contribution in [0.5, 0.6) is 0 Å². The molecular weight excluding hydrogens is 216 g/mol. The average molecular weight is 232 g/mol. The lowest BCUT2D eigenvalue weighted by Gasteiger charge is -2.11. The van der Waals surface area contributed by atoms with Gasteiger partial charge in [0.25, 0.3) is 0 Å². The van der Waals surface area contributed by atoms with Crippen LogP contribution in [0.4, 0.5) is 0 Å². The van der Waals surface area contributed by atoms with Crippen molar-refractivity contribution >= 4 is 0 Å². The number of nitrogens with zero attached hydrogens (tertiary/aromatic N) is 5. The van der Waals surface area contributed by atoms with Gasteiger partial charge in [-0.1, -0.05) is 0 Å². The van der Waals surface area contributed by atoms with Crippen LogP contribution in [0.25, 0.3) is 0 Å². The Morgan fingerprint density at radius 2 is 2.18 bits per heavy atom. The third-order valence-electron chi connectivity index (χ3n) is 3.17. The van der Waals surface area contributed by atoms with Crippen LogP contribution < -0.4 is 5.73 Å². The Bertz CT molecular complexity index is 536. The Morgan fingerprint density at radius 3 is 2.76 bits per heavy atom. The average Bonchev–Trinajstić information content (AvgIpc) is 2.93. The number of nitrogens with two attached hydrogens (primary N) is 1. The summed E-state index contributed by atoms with van der Waals surface area (Å²) < 4.78 is 3.91. The molecule has 0 aromatic carbocycles. The molecule has 0 saturated heterocycles. The molecule has 2 aromatic rings. The summed E-state index contributed by atoms with van der Waals surface area (Å²) in [4.78, 5) is 0. The molecule has 17 heavy (non-hydrogen) atoms. The molecule has 0 aliphatic heterocycles. The number of aryl methyl sites for hydroxylation is 2. The van der Waals surface area contributed by atoms with Crippen molar-refractivity contribution in [2.24, 2.45) is 12.8 Å². The lowest BCUT2D eigenvalue weighted by molar-refractivity contribution is 0.630. The van der Waals surface area contributed by atoms with E-state index < -0.39 is 0 Å². The smallest absolute Gasteiger partial charge is 0.154 e. The van der Waals surface area contributed by atoms with Crippen molar-refractivity contribution in [3.05, 3.63) is 29.6 Å². The molecule has 6 nitrogen and oxygen atoms in total. The van der Waals surface area contributed by atoms with Gasteiger partial charge in [0, 0.05) is 24.8 Å². The lowest BCUT2D eigenvalue weighted by atomic mass is 10.1. The highest BCUT2D eigenvalue weighted by Gasteiger charge is 2.30. The van der Waals surface area contributed by atoms with Crippen molar-refractivity contribution in [2.75, 3.05) is 0 Å². The SMILES string of the molecule is Cc1nnc(C(N)c2cnn(C)c2)n1C1CC1. The standard InChI is InChI=1S/C11H16N6/c1-7-14-15-11(17(7)9-3-4-9)10(12)8-5-13-16(2)6-8/h5-6,9-10H,3-4,12H2,1-2H3. The van der Waals surface area contributed by atoms with Crippen LogP contribution in [0, 0.1) is 6.92 Å². The van der Waals surface area contributed by atoms with Gasteiger partial charge >= 0.3 is 0 Å². The van der Waals surface area contributed by atoms with Crippen LogP contribution in [0.3, 0.4) is 0 Å². The Kier molecular flexibility index (Phi) is 2.25. The molecule has 1 fully saturated rings. The maximum absolute atomic E-state index is 6.23. The summed E-state index contributed by atoms with van der Waals surface area (Å²) in [5.41, 5.74) is 7.21. The van der Waals surface area contributed by atoms with E-state index in [1.54, 1.807) is 10.9 Å². The third kappa shape index (κ3) is 1.74. The molecule has 0 bridgehead atoms. The molecule has 90 valence electrons. The molecule has 1 atom stereocenters. The van der Waals surface area contributed by atoms with Crippen molar-refractivity contribution in [3.8, 4) is 0 Å². The Balaban J connectivity index is 1.98. The first-order valence-electron chi connectivity index (χ1n) is 5.82. The summed E-state index contributed by atoms with van der Waals surface area (Å²) in [5.74, 6) is 1.79. The number of rotatable bonds is 3. The number of hydrogen-bond donors (Lipinski definition) is 1. The van der Waals surface area contributed by atoms with E-state index in [2.05, 4.69) is 19.9 Å². The van der Waals surface area contributed by atoms with Gasteiger partial charge in [-0.2, -0.15) is 5.10 Å². The van der Waals surface area contributed by atoms with Crippen molar-refractivity contribution in [1.82, 2.24) is 24.5 Å². The fourth-order valence-corrected chi connectivity index (χ4v) is 2.13. The molecule has 2 aromatic heterocycles. The fourth-order valence-electron chi connectivity index (χ4n) is 2.13. The first kappa shape index (κ1) is 10.5. The molecule has 1 unspecified atom stereocenters. The van der Waals surface area contributed by atoms with E-state index in [-0.39, 0.29) is 6.04 Å². The van der Waals surface area contributed by atoms with E-state index in [0.29, 0.717) is 6.04 Å². The van der Waals surface area contributed by atoms with E-state index >= 15 is 0 Å². The van der Waals surface area contributed by atoms with Crippen LogP contribution in [-0.2, 0) is 7.05 Å². The second-order valence-electron chi connectivity index (χ2n) is 4.63. The van der Waals surface area contributed by atoms with Gasteiger partial charge in [-0.3, -0.25) is 4.68 Å². The van der Waals surface area contributed by atoms with Gasteiger partial charge in [-0.25, -0.2) is 0 Å². The van der Waals surface area contributed by atoms with Gasteiger partial charge in [0.2, 0.25) is 0 Å². The van der Waals surface area contributed by atoms with Crippen LogP contribution >= 0.6 is 0 Å². The van der Waals surface area contributed by atoms with Crippen molar-refractivity contribution in [1.29, 1.82) is 0 Å². The predicted molar refractivity (Wildman–Crippen MR) is 62.3 cm³/mol. The first-order chi connectivity index (χ1) is 8.16.